The second-order valence-corrected chi connectivity index (χ2v) is 8.52. The molecule has 0 saturated heterocycles. The minimum Gasteiger partial charge on any atom is -0.395 e. The van der Waals surface area contributed by atoms with E-state index in [1.807, 2.05) is 0 Å². The monoisotopic (exact) mass is 421 g/mol. The Morgan fingerprint density at radius 3 is 2.71 bits per heavy atom. The Balaban J connectivity index is 1.55. The average molecular weight is 422 g/mol. The number of fused-ring (bicyclic) bond motifs is 1. The molecule has 0 radical (unpaired) electrons. The second kappa shape index (κ2) is 7.04. The summed E-state index contributed by atoms with van der Waals surface area (Å²) in [5.74, 6) is -1.09. The molecule has 1 aliphatic heterocycles. The van der Waals surface area contributed by atoms with Gasteiger partial charge in [-0.1, -0.05) is 29.8 Å². The number of halogens is 1. The Morgan fingerprint density at radius 1 is 1.29 bits per heavy atom. The predicted molar refractivity (Wildman–Crippen MR) is 98.9 cm³/mol. The minimum atomic E-state index is -3.85. The summed E-state index contributed by atoms with van der Waals surface area (Å²) in [6, 6.07) is 8.21. The Bertz CT molecular complexity index is 1100. The van der Waals surface area contributed by atoms with Gasteiger partial charge in [0.15, 0.2) is 5.03 Å². The SMILES string of the molecule is O=C([C@H](CO)c1ccccc1Cl)N1Cc2cn(S(=O)(=O)c3ccn[nH]3)nc2C1. The minimum absolute atomic E-state index is 0.0688. The summed E-state index contributed by atoms with van der Waals surface area (Å²) in [6.07, 6.45) is 2.73. The molecule has 1 aromatic carbocycles. The van der Waals surface area contributed by atoms with Crippen LogP contribution in [0.25, 0.3) is 0 Å². The van der Waals surface area contributed by atoms with Crippen LogP contribution < -0.4 is 0 Å². The molecule has 0 bridgehead atoms. The van der Waals surface area contributed by atoms with E-state index in [-0.39, 0.29) is 30.6 Å². The fourth-order valence-corrected chi connectivity index (χ4v) is 4.52. The van der Waals surface area contributed by atoms with Gasteiger partial charge in [0.1, 0.15) is 0 Å². The number of hydrogen-bond donors (Lipinski definition) is 2. The number of amides is 1. The summed E-state index contributed by atoms with van der Waals surface area (Å²) in [6.45, 7) is -0.0286. The van der Waals surface area contributed by atoms with Crippen LogP contribution >= 0.6 is 11.6 Å². The number of aromatic nitrogens is 4. The van der Waals surface area contributed by atoms with E-state index in [9.17, 15) is 18.3 Å². The van der Waals surface area contributed by atoms with Crippen LogP contribution in [0.3, 0.4) is 0 Å². The number of carbonyl (C=O) groups is 1. The molecular weight excluding hydrogens is 406 g/mol. The molecule has 28 heavy (non-hydrogen) atoms. The molecule has 0 spiro atoms. The molecular formula is C17H16ClN5O4S. The molecule has 2 aromatic heterocycles. The van der Waals surface area contributed by atoms with Crippen molar-refractivity contribution in [3.8, 4) is 0 Å². The first-order valence-corrected chi connectivity index (χ1v) is 10.2. The Hall–Kier alpha value is -2.69. The number of aliphatic hydroxyl groups excluding tert-OH is 1. The van der Waals surface area contributed by atoms with Gasteiger partial charge < -0.3 is 10.0 Å². The van der Waals surface area contributed by atoms with E-state index in [1.165, 1.54) is 23.4 Å². The molecule has 3 heterocycles. The van der Waals surface area contributed by atoms with Gasteiger partial charge in [0, 0.05) is 23.3 Å². The predicted octanol–water partition coefficient (Wildman–Crippen LogP) is 1.11. The molecule has 3 aromatic rings. The van der Waals surface area contributed by atoms with Crippen molar-refractivity contribution in [2.24, 2.45) is 0 Å². The zero-order valence-corrected chi connectivity index (χ0v) is 16.1. The highest BCUT2D eigenvalue weighted by molar-refractivity contribution is 7.89. The van der Waals surface area contributed by atoms with Crippen molar-refractivity contribution in [2.75, 3.05) is 6.61 Å². The summed E-state index contributed by atoms with van der Waals surface area (Å²) >= 11 is 6.16. The van der Waals surface area contributed by atoms with Crippen LogP contribution in [0.5, 0.6) is 0 Å². The van der Waals surface area contributed by atoms with Gasteiger partial charge in [0.05, 0.1) is 31.0 Å². The van der Waals surface area contributed by atoms with Gasteiger partial charge >= 0.3 is 0 Å². The third kappa shape index (κ3) is 3.09. The fraction of sp³-hybridized carbons (Fsp3) is 0.235. The molecule has 1 aliphatic rings. The first-order valence-electron chi connectivity index (χ1n) is 8.38. The number of aliphatic hydroxyl groups is 1. The smallest absolute Gasteiger partial charge is 0.299 e. The summed E-state index contributed by atoms with van der Waals surface area (Å²) in [5, 5.41) is 20.3. The van der Waals surface area contributed by atoms with E-state index >= 15 is 0 Å². The summed E-state index contributed by atoms with van der Waals surface area (Å²) in [4.78, 5) is 14.4. The molecule has 0 saturated carbocycles. The molecule has 0 fully saturated rings. The maximum Gasteiger partial charge on any atom is 0.299 e. The number of aromatic amines is 1. The van der Waals surface area contributed by atoms with E-state index in [0.29, 0.717) is 21.8 Å². The third-order valence-corrected chi connectivity index (χ3v) is 6.44. The van der Waals surface area contributed by atoms with E-state index in [2.05, 4.69) is 15.3 Å². The zero-order chi connectivity index (χ0) is 19.9. The standard InChI is InChI=1S/C17H16ClN5O4S/c18-14-4-2-1-3-12(14)13(10-24)17(25)22-7-11-8-23(21-15(11)9-22)28(26,27)16-5-6-19-20-16/h1-6,8,13,24H,7,9-10H2,(H,19,20)/t13-/m1/s1. The maximum absolute atomic E-state index is 12.9. The topological polar surface area (TPSA) is 121 Å². The van der Waals surface area contributed by atoms with E-state index in [4.69, 9.17) is 11.6 Å². The summed E-state index contributed by atoms with van der Waals surface area (Å²) < 4.78 is 25.9. The Kier molecular flexibility index (Phi) is 4.69. The molecule has 2 N–H and O–H groups in total. The summed E-state index contributed by atoms with van der Waals surface area (Å²) in [7, 11) is -3.85. The number of hydrogen-bond acceptors (Lipinski definition) is 6. The van der Waals surface area contributed by atoms with E-state index in [1.54, 1.807) is 24.3 Å². The van der Waals surface area contributed by atoms with Gasteiger partial charge in [-0.05, 0) is 17.7 Å². The van der Waals surface area contributed by atoms with Crippen LogP contribution in [0.15, 0.2) is 47.8 Å². The number of nitrogens with zero attached hydrogens (tertiary/aromatic N) is 4. The van der Waals surface area contributed by atoms with Crippen molar-refractivity contribution in [1.82, 2.24) is 24.3 Å². The first kappa shape index (κ1) is 18.7. The average Bonchev–Trinajstić information content (AvgIpc) is 3.40. The molecule has 146 valence electrons. The van der Waals surface area contributed by atoms with Crippen LogP contribution in [0, 0.1) is 0 Å². The molecule has 4 rings (SSSR count). The van der Waals surface area contributed by atoms with Crippen molar-refractivity contribution in [1.29, 1.82) is 0 Å². The number of benzene rings is 1. The van der Waals surface area contributed by atoms with E-state index in [0.717, 1.165) is 4.09 Å². The van der Waals surface area contributed by atoms with Gasteiger partial charge in [-0.3, -0.25) is 9.89 Å². The van der Waals surface area contributed by atoms with Crippen LogP contribution in [0.2, 0.25) is 5.02 Å². The fourth-order valence-electron chi connectivity index (χ4n) is 3.18. The molecule has 9 nitrogen and oxygen atoms in total. The lowest BCUT2D eigenvalue weighted by Crippen LogP contribution is -2.33. The molecule has 1 atom stereocenters. The van der Waals surface area contributed by atoms with Gasteiger partial charge in [-0.2, -0.15) is 22.7 Å². The van der Waals surface area contributed by atoms with Gasteiger partial charge in [-0.15, -0.1) is 0 Å². The lowest BCUT2D eigenvalue weighted by molar-refractivity contribution is -0.134. The van der Waals surface area contributed by atoms with Crippen LogP contribution in [-0.4, -0.2) is 50.3 Å². The largest absolute Gasteiger partial charge is 0.395 e. The lowest BCUT2D eigenvalue weighted by atomic mass is 9.98. The molecule has 0 unspecified atom stereocenters. The van der Waals surface area contributed by atoms with Crippen molar-refractivity contribution in [2.45, 2.75) is 24.0 Å². The van der Waals surface area contributed by atoms with Gasteiger partial charge in [0.25, 0.3) is 10.0 Å². The van der Waals surface area contributed by atoms with Crippen molar-refractivity contribution in [3.63, 3.8) is 0 Å². The highest BCUT2D eigenvalue weighted by Gasteiger charge is 2.34. The van der Waals surface area contributed by atoms with Crippen LogP contribution in [0.4, 0.5) is 0 Å². The summed E-state index contributed by atoms with van der Waals surface area (Å²) in [5.41, 5.74) is 1.67. The van der Waals surface area contributed by atoms with Crippen LogP contribution in [0.1, 0.15) is 22.7 Å². The second-order valence-electron chi connectivity index (χ2n) is 6.35. The van der Waals surface area contributed by atoms with E-state index < -0.39 is 15.9 Å². The molecule has 0 aliphatic carbocycles. The number of H-pyrrole nitrogens is 1. The highest BCUT2D eigenvalue weighted by Crippen LogP contribution is 2.30. The van der Waals surface area contributed by atoms with Gasteiger partial charge in [-0.25, -0.2) is 0 Å². The van der Waals surface area contributed by atoms with Crippen molar-refractivity contribution in [3.05, 3.63) is 64.6 Å². The quantitative estimate of drug-likeness (QED) is 0.636. The normalized spacial score (nSPS) is 14.9. The van der Waals surface area contributed by atoms with Crippen molar-refractivity contribution >= 4 is 27.5 Å². The van der Waals surface area contributed by atoms with Gasteiger partial charge in [0.2, 0.25) is 5.91 Å². The zero-order valence-electron chi connectivity index (χ0n) is 14.5. The highest BCUT2D eigenvalue weighted by atomic mass is 35.5. The molecule has 11 heteroatoms. The first-order chi connectivity index (χ1) is 13.4. The Morgan fingerprint density at radius 2 is 2.07 bits per heavy atom. The number of carbonyl (C=O) groups excluding carboxylic acids is 1. The maximum atomic E-state index is 12.9. The Labute approximate surface area is 165 Å². The number of nitrogens with one attached hydrogen (secondary N) is 1. The third-order valence-electron chi connectivity index (χ3n) is 4.63. The lowest BCUT2D eigenvalue weighted by Gasteiger charge is -2.22. The number of rotatable bonds is 5. The molecule has 1 amide bonds. The van der Waals surface area contributed by atoms with Crippen molar-refractivity contribution < 1.29 is 18.3 Å². The van der Waals surface area contributed by atoms with Crippen LogP contribution in [-0.2, 0) is 27.9 Å².